The van der Waals surface area contributed by atoms with E-state index in [1.807, 2.05) is 0 Å². The number of carbonyl (C=O) groups excluding carboxylic acids is 1. The zero-order valence-electron chi connectivity index (χ0n) is 10.5. The number of rotatable bonds is 7. The third-order valence-electron chi connectivity index (χ3n) is 2.46. The van der Waals surface area contributed by atoms with E-state index in [0.29, 0.717) is 18.8 Å². The lowest BCUT2D eigenvalue weighted by atomic mass is 10.2. The molecule has 0 fully saturated rings. The lowest BCUT2D eigenvalue weighted by Crippen LogP contribution is -2.37. The lowest BCUT2D eigenvalue weighted by molar-refractivity contribution is -0.142. The van der Waals surface area contributed by atoms with Crippen LogP contribution in [0, 0.1) is 5.92 Å². The monoisotopic (exact) mass is 254 g/mol. The lowest BCUT2D eigenvalue weighted by Gasteiger charge is -2.18. The van der Waals surface area contributed by atoms with Crippen LogP contribution in [0.25, 0.3) is 0 Å². The second kappa shape index (κ2) is 6.80. The van der Waals surface area contributed by atoms with Crippen molar-refractivity contribution in [3.8, 4) is 0 Å². The molecule has 1 heterocycles. The molecule has 0 radical (unpaired) electrons. The van der Waals surface area contributed by atoms with Crippen LogP contribution >= 0.6 is 0 Å². The fraction of sp³-hybridized carbons (Fsp3) is 0.500. The molecular formula is C12H18N2O4. The summed E-state index contributed by atoms with van der Waals surface area (Å²) in [4.78, 5) is 23.9. The fourth-order valence-corrected chi connectivity index (χ4v) is 1.51. The first-order valence-corrected chi connectivity index (χ1v) is 5.69. The number of hydrogen-bond acceptors (Lipinski definition) is 4. The summed E-state index contributed by atoms with van der Waals surface area (Å²) in [5.41, 5.74) is 0. The molecule has 1 unspecified atom stereocenters. The van der Waals surface area contributed by atoms with E-state index >= 15 is 0 Å². The Hall–Kier alpha value is -1.82. The van der Waals surface area contributed by atoms with Crippen LogP contribution in [0.5, 0.6) is 0 Å². The molecule has 6 nitrogen and oxygen atoms in total. The van der Waals surface area contributed by atoms with Gasteiger partial charge in [-0.05, 0) is 19.2 Å². The molecule has 0 saturated carbocycles. The highest BCUT2D eigenvalue weighted by Crippen LogP contribution is 2.00. The zero-order valence-corrected chi connectivity index (χ0v) is 10.5. The summed E-state index contributed by atoms with van der Waals surface area (Å²) in [7, 11) is 1.71. The fourth-order valence-electron chi connectivity index (χ4n) is 1.51. The van der Waals surface area contributed by atoms with Crippen LogP contribution in [0.1, 0.15) is 12.7 Å². The van der Waals surface area contributed by atoms with Gasteiger partial charge in [0.25, 0.3) is 0 Å². The van der Waals surface area contributed by atoms with E-state index in [4.69, 9.17) is 9.52 Å². The minimum atomic E-state index is -0.863. The zero-order chi connectivity index (χ0) is 13.5. The Morgan fingerprint density at radius 1 is 1.56 bits per heavy atom. The van der Waals surface area contributed by atoms with Crippen molar-refractivity contribution < 1.29 is 19.1 Å². The van der Waals surface area contributed by atoms with Crippen LogP contribution in [-0.2, 0) is 16.1 Å². The second-order valence-electron chi connectivity index (χ2n) is 4.29. The van der Waals surface area contributed by atoms with Gasteiger partial charge in [0.1, 0.15) is 5.76 Å². The maximum absolute atomic E-state index is 11.6. The Labute approximate surface area is 106 Å². The summed E-state index contributed by atoms with van der Waals surface area (Å²) in [5.74, 6) is -0.831. The summed E-state index contributed by atoms with van der Waals surface area (Å²) in [5, 5.41) is 11.5. The Bertz CT molecular complexity index is 389. The molecular weight excluding hydrogens is 236 g/mol. The minimum absolute atomic E-state index is 0.161. The first kappa shape index (κ1) is 14.2. The smallest absolute Gasteiger partial charge is 0.307 e. The van der Waals surface area contributed by atoms with Crippen LogP contribution in [0.15, 0.2) is 22.8 Å². The molecule has 1 aromatic heterocycles. The largest absolute Gasteiger partial charge is 0.481 e. The van der Waals surface area contributed by atoms with Gasteiger partial charge < -0.3 is 14.8 Å². The maximum atomic E-state index is 11.6. The van der Waals surface area contributed by atoms with E-state index in [1.165, 1.54) is 0 Å². The molecule has 0 aliphatic heterocycles. The van der Waals surface area contributed by atoms with Crippen molar-refractivity contribution in [2.24, 2.45) is 5.92 Å². The van der Waals surface area contributed by atoms with E-state index in [0.717, 1.165) is 0 Å². The molecule has 1 aromatic rings. The molecule has 0 aromatic carbocycles. The standard InChI is InChI=1S/C12H18N2O4/c1-9(12(16)17)7-14(2)8-11(15)13-6-10-4-3-5-18-10/h3-5,9H,6-8H2,1-2H3,(H,13,15)(H,16,17). The van der Waals surface area contributed by atoms with Gasteiger partial charge in [-0.25, -0.2) is 0 Å². The van der Waals surface area contributed by atoms with E-state index < -0.39 is 11.9 Å². The molecule has 100 valence electrons. The number of aliphatic carboxylic acids is 1. The normalized spacial score (nSPS) is 12.4. The quantitative estimate of drug-likeness (QED) is 0.742. The summed E-state index contributed by atoms with van der Waals surface area (Å²) < 4.78 is 5.08. The van der Waals surface area contributed by atoms with Crippen LogP contribution in [0.4, 0.5) is 0 Å². The second-order valence-corrected chi connectivity index (χ2v) is 4.29. The summed E-state index contributed by atoms with van der Waals surface area (Å²) in [6.07, 6.45) is 1.54. The van der Waals surface area contributed by atoms with Gasteiger partial charge in [0.15, 0.2) is 0 Å². The van der Waals surface area contributed by atoms with Crippen LogP contribution in [0.3, 0.4) is 0 Å². The van der Waals surface area contributed by atoms with Crippen molar-refractivity contribution in [2.45, 2.75) is 13.5 Å². The topological polar surface area (TPSA) is 82.8 Å². The molecule has 1 atom stereocenters. The van der Waals surface area contributed by atoms with E-state index in [1.54, 1.807) is 37.3 Å². The predicted molar refractivity (Wildman–Crippen MR) is 64.9 cm³/mol. The third-order valence-corrected chi connectivity index (χ3v) is 2.46. The number of amides is 1. The SMILES string of the molecule is CC(CN(C)CC(=O)NCc1ccco1)C(=O)O. The molecule has 0 saturated heterocycles. The van der Waals surface area contributed by atoms with E-state index in [9.17, 15) is 9.59 Å². The number of likely N-dealkylation sites (N-methyl/N-ethyl adjacent to an activating group) is 1. The van der Waals surface area contributed by atoms with E-state index in [2.05, 4.69) is 5.32 Å². The molecule has 0 spiro atoms. The van der Waals surface area contributed by atoms with Crippen molar-refractivity contribution in [1.29, 1.82) is 0 Å². The van der Waals surface area contributed by atoms with Crippen molar-refractivity contribution in [1.82, 2.24) is 10.2 Å². The Morgan fingerprint density at radius 3 is 2.83 bits per heavy atom. The van der Waals surface area contributed by atoms with Gasteiger partial charge in [-0.2, -0.15) is 0 Å². The molecule has 0 bridgehead atoms. The Balaban J connectivity index is 2.25. The molecule has 1 amide bonds. The number of furan rings is 1. The predicted octanol–water partition coefficient (Wildman–Crippen LogP) is 0.548. The summed E-state index contributed by atoms with van der Waals surface area (Å²) in [6.45, 7) is 2.45. The molecule has 0 aliphatic rings. The molecule has 2 N–H and O–H groups in total. The number of carboxylic acid groups (broad SMARTS) is 1. The average Bonchev–Trinajstić information content (AvgIpc) is 2.78. The maximum Gasteiger partial charge on any atom is 0.307 e. The van der Waals surface area contributed by atoms with Gasteiger partial charge in [0, 0.05) is 6.54 Å². The highest BCUT2D eigenvalue weighted by molar-refractivity contribution is 5.78. The molecule has 6 heteroatoms. The van der Waals surface area contributed by atoms with Crippen molar-refractivity contribution in [3.63, 3.8) is 0 Å². The van der Waals surface area contributed by atoms with Gasteiger partial charge in [0.2, 0.25) is 5.91 Å². The number of nitrogens with one attached hydrogen (secondary N) is 1. The third kappa shape index (κ3) is 5.01. The summed E-state index contributed by atoms with van der Waals surface area (Å²) in [6, 6.07) is 3.53. The van der Waals surface area contributed by atoms with Crippen LogP contribution in [0.2, 0.25) is 0 Å². The Kier molecular flexibility index (Phi) is 5.38. The molecule has 1 rings (SSSR count). The van der Waals surface area contributed by atoms with Crippen LogP contribution in [-0.4, -0.2) is 42.0 Å². The Morgan fingerprint density at radius 2 is 2.28 bits per heavy atom. The first-order valence-electron chi connectivity index (χ1n) is 5.69. The average molecular weight is 254 g/mol. The first-order chi connectivity index (χ1) is 8.49. The summed E-state index contributed by atoms with van der Waals surface area (Å²) >= 11 is 0. The van der Waals surface area contributed by atoms with Gasteiger partial charge in [-0.1, -0.05) is 6.92 Å². The molecule has 18 heavy (non-hydrogen) atoms. The van der Waals surface area contributed by atoms with Gasteiger partial charge >= 0.3 is 5.97 Å². The number of nitrogens with zero attached hydrogens (tertiary/aromatic N) is 1. The minimum Gasteiger partial charge on any atom is -0.481 e. The van der Waals surface area contributed by atoms with Gasteiger partial charge in [-0.3, -0.25) is 14.5 Å². The number of carbonyl (C=O) groups is 2. The highest BCUT2D eigenvalue weighted by Gasteiger charge is 2.15. The highest BCUT2D eigenvalue weighted by atomic mass is 16.4. The number of hydrogen-bond donors (Lipinski definition) is 2. The van der Waals surface area contributed by atoms with Gasteiger partial charge in [-0.15, -0.1) is 0 Å². The number of carboxylic acids is 1. The van der Waals surface area contributed by atoms with Crippen molar-refractivity contribution in [2.75, 3.05) is 20.1 Å². The van der Waals surface area contributed by atoms with Gasteiger partial charge in [0.05, 0.1) is 25.3 Å². The molecule has 0 aliphatic carbocycles. The van der Waals surface area contributed by atoms with Crippen LogP contribution < -0.4 is 5.32 Å². The van der Waals surface area contributed by atoms with E-state index in [-0.39, 0.29) is 12.5 Å². The van der Waals surface area contributed by atoms with Crippen molar-refractivity contribution in [3.05, 3.63) is 24.2 Å². The van der Waals surface area contributed by atoms with Crippen molar-refractivity contribution >= 4 is 11.9 Å².